The Bertz CT molecular complexity index is 495. The molecule has 0 saturated heterocycles. The molecule has 0 unspecified atom stereocenters. The van der Waals surface area contributed by atoms with Crippen molar-refractivity contribution >= 4 is 10.8 Å². The van der Waals surface area contributed by atoms with E-state index in [0.717, 1.165) is 28.7 Å². The molecule has 2 aromatic carbocycles. The highest BCUT2D eigenvalue weighted by Crippen LogP contribution is 2.40. The highest BCUT2D eigenvalue weighted by atomic mass is 16.5. The summed E-state index contributed by atoms with van der Waals surface area (Å²) in [4.78, 5) is 0. The van der Waals surface area contributed by atoms with Gasteiger partial charge in [0.2, 0.25) is 0 Å². The van der Waals surface area contributed by atoms with E-state index in [9.17, 15) is 0 Å². The van der Waals surface area contributed by atoms with Gasteiger partial charge in [0, 0.05) is 10.8 Å². The second kappa shape index (κ2) is 2.89. The van der Waals surface area contributed by atoms with Crippen molar-refractivity contribution in [2.45, 2.75) is 6.42 Å². The maximum atomic E-state index is 5.35. The molecular weight excluding hydrogens is 188 g/mol. The number of ether oxygens (including phenoxy) is 2. The van der Waals surface area contributed by atoms with Gasteiger partial charge in [-0.25, -0.2) is 0 Å². The fourth-order valence-corrected chi connectivity index (χ4v) is 2.05. The molecule has 0 N–H and O–H groups in total. The lowest BCUT2D eigenvalue weighted by molar-refractivity contribution is 0.410. The Hall–Kier alpha value is -1.70. The summed E-state index contributed by atoms with van der Waals surface area (Å²) in [5.74, 6) is 1.83. The van der Waals surface area contributed by atoms with Crippen LogP contribution in [0.2, 0.25) is 0 Å². The van der Waals surface area contributed by atoms with Crippen LogP contribution >= 0.6 is 0 Å². The molecule has 0 heterocycles. The Morgan fingerprint density at radius 1 is 0.867 bits per heavy atom. The molecule has 15 heavy (non-hydrogen) atoms. The number of methoxy groups -OCH3 is 2. The Morgan fingerprint density at radius 2 is 1.33 bits per heavy atom. The maximum Gasteiger partial charge on any atom is 0.126 e. The second-order valence-corrected chi connectivity index (χ2v) is 3.81. The Labute approximate surface area is 88.4 Å². The minimum atomic E-state index is 0.917. The highest BCUT2D eigenvalue weighted by molar-refractivity contribution is 5.95. The van der Waals surface area contributed by atoms with E-state index in [0.29, 0.717) is 0 Å². The molecule has 0 fully saturated rings. The van der Waals surface area contributed by atoms with E-state index < -0.39 is 0 Å². The van der Waals surface area contributed by atoms with Crippen LogP contribution in [-0.2, 0) is 6.42 Å². The first-order valence-corrected chi connectivity index (χ1v) is 5.00. The first-order valence-electron chi connectivity index (χ1n) is 5.00. The van der Waals surface area contributed by atoms with Crippen molar-refractivity contribution in [3.8, 4) is 11.5 Å². The van der Waals surface area contributed by atoms with E-state index in [2.05, 4.69) is 12.1 Å². The molecule has 1 aliphatic carbocycles. The summed E-state index contributed by atoms with van der Waals surface area (Å²) in [6, 6.07) is 8.31. The molecule has 2 nitrogen and oxygen atoms in total. The van der Waals surface area contributed by atoms with Crippen molar-refractivity contribution in [1.82, 2.24) is 0 Å². The molecule has 0 spiro atoms. The van der Waals surface area contributed by atoms with E-state index in [1.165, 1.54) is 11.1 Å². The minimum absolute atomic E-state index is 0.917. The lowest BCUT2D eigenvalue weighted by Crippen LogP contribution is -1.88. The van der Waals surface area contributed by atoms with Gasteiger partial charge in [0.15, 0.2) is 0 Å². The molecule has 0 amide bonds. The third kappa shape index (κ3) is 1.18. The Morgan fingerprint density at radius 3 is 1.73 bits per heavy atom. The number of fused-ring (bicyclic) bond motifs is 2. The summed E-state index contributed by atoms with van der Waals surface area (Å²) >= 11 is 0. The summed E-state index contributed by atoms with van der Waals surface area (Å²) in [5, 5.41) is 2.29. The van der Waals surface area contributed by atoms with E-state index in [-0.39, 0.29) is 0 Å². The van der Waals surface area contributed by atoms with Crippen LogP contribution in [0.5, 0.6) is 11.5 Å². The quantitative estimate of drug-likeness (QED) is 0.633. The van der Waals surface area contributed by atoms with Gasteiger partial charge in [-0.2, -0.15) is 0 Å². The summed E-state index contributed by atoms with van der Waals surface area (Å²) in [6.07, 6.45) is 1.11. The summed E-state index contributed by atoms with van der Waals surface area (Å²) in [7, 11) is 3.40. The van der Waals surface area contributed by atoms with Crippen LogP contribution in [0, 0.1) is 0 Å². The van der Waals surface area contributed by atoms with Crippen molar-refractivity contribution in [3.63, 3.8) is 0 Å². The van der Waals surface area contributed by atoms with Gasteiger partial charge in [0.1, 0.15) is 11.5 Å². The van der Waals surface area contributed by atoms with Crippen molar-refractivity contribution < 1.29 is 9.47 Å². The molecule has 0 saturated carbocycles. The van der Waals surface area contributed by atoms with Gasteiger partial charge in [-0.05, 0) is 41.8 Å². The molecule has 0 bridgehead atoms. The topological polar surface area (TPSA) is 18.5 Å². The number of hydrogen-bond donors (Lipinski definition) is 0. The maximum absolute atomic E-state index is 5.35. The number of benzene rings is 2. The van der Waals surface area contributed by atoms with Gasteiger partial charge in [-0.15, -0.1) is 0 Å². The van der Waals surface area contributed by atoms with Crippen LogP contribution in [0.1, 0.15) is 11.1 Å². The molecule has 76 valence electrons. The van der Waals surface area contributed by atoms with Gasteiger partial charge in [-0.3, -0.25) is 0 Å². The standard InChI is InChI=1S/C13H12O2/c1-14-12-3-4-13(15-2)11-7-9-5-8(9)6-10(11)12/h3-4,6-7H,5H2,1-2H3. The third-order valence-corrected chi connectivity index (χ3v) is 2.95. The van der Waals surface area contributed by atoms with E-state index in [1.54, 1.807) is 14.2 Å². The summed E-state index contributed by atoms with van der Waals surface area (Å²) in [5.41, 5.74) is 2.85. The largest absolute Gasteiger partial charge is 0.496 e. The first-order chi connectivity index (χ1) is 7.33. The van der Waals surface area contributed by atoms with Crippen molar-refractivity contribution in [3.05, 3.63) is 35.4 Å². The molecule has 0 aromatic heterocycles. The van der Waals surface area contributed by atoms with Crippen molar-refractivity contribution in [1.29, 1.82) is 0 Å². The minimum Gasteiger partial charge on any atom is -0.496 e. The Kier molecular flexibility index (Phi) is 1.66. The fourth-order valence-electron chi connectivity index (χ4n) is 2.05. The molecule has 3 rings (SSSR count). The monoisotopic (exact) mass is 200 g/mol. The van der Waals surface area contributed by atoms with Crippen LogP contribution in [0.15, 0.2) is 24.3 Å². The van der Waals surface area contributed by atoms with Crippen LogP contribution in [0.25, 0.3) is 10.8 Å². The zero-order chi connectivity index (χ0) is 10.4. The molecule has 0 atom stereocenters. The number of hydrogen-bond acceptors (Lipinski definition) is 2. The lowest BCUT2D eigenvalue weighted by atomic mass is 10.1. The first kappa shape index (κ1) is 8.60. The van der Waals surface area contributed by atoms with Crippen LogP contribution in [0.3, 0.4) is 0 Å². The Balaban J connectivity index is 2.38. The van der Waals surface area contributed by atoms with E-state index in [1.807, 2.05) is 12.1 Å². The number of rotatable bonds is 2. The van der Waals surface area contributed by atoms with Gasteiger partial charge < -0.3 is 9.47 Å². The van der Waals surface area contributed by atoms with Gasteiger partial charge in [0.25, 0.3) is 0 Å². The van der Waals surface area contributed by atoms with Crippen LogP contribution in [0.4, 0.5) is 0 Å². The van der Waals surface area contributed by atoms with Crippen molar-refractivity contribution in [2.75, 3.05) is 14.2 Å². The molecule has 0 radical (unpaired) electrons. The molecule has 2 heteroatoms. The zero-order valence-corrected chi connectivity index (χ0v) is 8.83. The van der Waals surface area contributed by atoms with Gasteiger partial charge >= 0.3 is 0 Å². The van der Waals surface area contributed by atoms with Crippen molar-refractivity contribution in [2.24, 2.45) is 0 Å². The van der Waals surface area contributed by atoms with E-state index >= 15 is 0 Å². The van der Waals surface area contributed by atoms with Crippen LogP contribution < -0.4 is 9.47 Å². The zero-order valence-electron chi connectivity index (χ0n) is 8.83. The van der Waals surface area contributed by atoms with Crippen LogP contribution in [-0.4, -0.2) is 14.2 Å². The SMILES string of the molecule is COc1ccc(OC)c2cc3c(cc12)C3. The average molecular weight is 200 g/mol. The molecule has 1 aliphatic rings. The fraction of sp³-hybridized carbons (Fsp3) is 0.231. The summed E-state index contributed by atoms with van der Waals surface area (Å²) < 4.78 is 10.7. The van der Waals surface area contributed by atoms with Gasteiger partial charge in [0.05, 0.1) is 14.2 Å². The molecular formula is C13H12O2. The smallest absolute Gasteiger partial charge is 0.126 e. The van der Waals surface area contributed by atoms with Gasteiger partial charge in [-0.1, -0.05) is 0 Å². The van der Waals surface area contributed by atoms with E-state index in [4.69, 9.17) is 9.47 Å². The lowest BCUT2D eigenvalue weighted by Gasteiger charge is -2.08. The molecule has 2 aromatic rings. The summed E-state index contributed by atoms with van der Waals surface area (Å²) in [6.45, 7) is 0. The predicted molar refractivity (Wildman–Crippen MR) is 59.9 cm³/mol. The third-order valence-electron chi connectivity index (χ3n) is 2.95. The highest BCUT2D eigenvalue weighted by Gasteiger charge is 2.19. The second-order valence-electron chi connectivity index (χ2n) is 3.81. The average Bonchev–Trinajstić information content (AvgIpc) is 3.02. The predicted octanol–water partition coefficient (Wildman–Crippen LogP) is 2.76. The molecule has 0 aliphatic heterocycles. The normalized spacial score (nSPS) is 12.4.